The number of rotatable bonds is 6. The number of fused-ring (bicyclic) bond motifs is 1. The van der Waals surface area contributed by atoms with Crippen LogP contribution in [0.15, 0.2) is 51.1 Å². The minimum absolute atomic E-state index is 0.326. The molecule has 3 aromatic rings. The molecule has 0 unspecified atom stereocenters. The number of hydrazone groups is 1. The molecule has 3 rings (SSSR count). The maximum Gasteiger partial charge on any atom is 0.329 e. The maximum atomic E-state index is 12.3. The van der Waals surface area contributed by atoms with Crippen LogP contribution in [0, 0.1) is 0 Å². The summed E-state index contributed by atoms with van der Waals surface area (Å²) in [6, 6.07) is 9.92. The quantitative estimate of drug-likeness (QED) is 0.517. The first-order chi connectivity index (χ1) is 13.0. The van der Waals surface area contributed by atoms with Crippen molar-refractivity contribution in [2.45, 2.75) is 26.8 Å². The molecule has 1 aromatic carbocycles. The maximum absolute atomic E-state index is 12.3. The van der Waals surface area contributed by atoms with E-state index in [-0.39, 0.29) is 0 Å². The highest BCUT2D eigenvalue weighted by atomic mass is 16.2. The van der Waals surface area contributed by atoms with Gasteiger partial charge in [0.2, 0.25) is 5.95 Å². The standard InChI is InChI=1S/C19H22N6O2/c1-4-12-25-15-16(24(3)19(27)21-17(15)26)20-18(25)23-22-13(2)10-11-14-8-6-5-7-9-14/h5-11H,4,12H2,1-3H3,(H,20,23)(H,21,26,27)/b11-10+,22-13?. The van der Waals surface area contributed by atoms with E-state index < -0.39 is 11.2 Å². The minimum Gasteiger partial charge on any atom is -0.303 e. The molecule has 0 radical (unpaired) electrons. The Hall–Kier alpha value is -3.42. The van der Waals surface area contributed by atoms with Crippen LogP contribution in [0.3, 0.4) is 0 Å². The number of hydrogen-bond acceptors (Lipinski definition) is 5. The van der Waals surface area contributed by atoms with Crippen LogP contribution in [0.1, 0.15) is 25.8 Å². The van der Waals surface area contributed by atoms with Crippen LogP contribution in [-0.4, -0.2) is 24.8 Å². The number of aromatic amines is 1. The lowest BCUT2D eigenvalue weighted by Crippen LogP contribution is -2.29. The van der Waals surface area contributed by atoms with Crippen molar-refractivity contribution in [3.8, 4) is 0 Å². The Kier molecular flexibility index (Phi) is 5.35. The summed E-state index contributed by atoms with van der Waals surface area (Å²) < 4.78 is 3.06. The van der Waals surface area contributed by atoms with E-state index in [1.54, 1.807) is 11.6 Å². The molecular weight excluding hydrogens is 344 g/mol. The van der Waals surface area contributed by atoms with Crippen molar-refractivity contribution in [1.82, 2.24) is 19.1 Å². The molecule has 140 valence electrons. The molecule has 0 spiro atoms. The van der Waals surface area contributed by atoms with Crippen LogP contribution >= 0.6 is 0 Å². The topological polar surface area (TPSA) is 97.1 Å². The smallest absolute Gasteiger partial charge is 0.303 e. The second-order valence-electron chi connectivity index (χ2n) is 6.19. The summed E-state index contributed by atoms with van der Waals surface area (Å²) >= 11 is 0. The van der Waals surface area contributed by atoms with Crippen molar-refractivity contribution in [3.63, 3.8) is 0 Å². The van der Waals surface area contributed by atoms with Gasteiger partial charge in [-0.3, -0.25) is 14.3 Å². The molecule has 0 bridgehead atoms. The number of H-pyrrole nitrogens is 1. The number of benzene rings is 1. The number of imidazole rings is 1. The highest BCUT2D eigenvalue weighted by Gasteiger charge is 2.16. The summed E-state index contributed by atoms with van der Waals surface area (Å²) in [7, 11) is 1.57. The number of allylic oxidation sites excluding steroid dienone is 1. The predicted molar refractivity (Wildman–Crippen MR) is 108 cm³/mol. The fraction of sp³-hybridized carbons (Fsp3) is 0.263. The summed E-state index contributed by atoms with van der Waals surface area (Å²) in [5.74, 6) is 0.422. The molecule has 0 saturated carbocycles. The first-order valence-electron chi connectivity index (χ1n) is 8.74. The first-order valence-corrected chi connectivity index (χ1v) is 8.74. The zero-order chi connectivity index (χ0) is 19.4. The lowest BCUT2D eigenvalue weighted by molar-refractivity contribution is 0.698. The molecule has 8 nitrogen and oxygen atoms in total. The van der Waals surface area contributed by atoms with E-state index in [1.807, 2.05) is 56.3 Å². The van der Waals surface area contributed by atoms with E-state index in [9.17, 15) is 9.59 Å². The highest BCUT2D eigenvalue weighted by molar-refractivity contribution is 5.96. The van der Waals surface area contributed by atoms with Gasteiger partial charge in [0, 0.05) is 13.6 Å². The predicted octanol–water partition coefficient (Wildman–Crippen LogP) is 2.33. The average molecular weight is 366 g/mol. The van der Waals surface area contributed by atoms with E-state index in [1.165, 1.54) is 4.57 Å². The monoisotopic (exact) mass is 366 g/mol. The van der Waals surface area contributed by atoms with Gasteiger partial charge < -0.3 is 4.57 Å². The molecule has 2 aromatic heterocycles. The molecule has 27 heavy (non-hydrogen) atoms. The van der Waals surface area contributed by atoms with Crippen molar-refractivity contribution in [2.24, 2.45) is 12.1 Å². The van der Waals surface area contributed by atoms with Crippen molar-refractivity contribution >= 4 is 28.9 Å². The molecule has 0 aliphatic carbocycles. The number of aromatic nitrogens is 4. The van der Waals surface area contributed by atoms with E-state index in [2.05, 4.69) is 20.5 Å². The number of hydrogen-bond donors (Lipinski definition) is 2. The van der Waals surface area contributed by atoms with Crippen molar-refractivity contribution in [1.29, 1.82) is 0 Å². The zero-order valence-electron chi connectivity index (χ0n) is 15.6. The molecule has 0 atom stereocenters. The minimum atomic E-state index is -0.495. The summed E-state index contributed by atoms with van der Waals surface area (Å²) in [4.78, 5) is 30.8. The van der Waals surface area contributed by atoms with Crippen molar-refractivity contribution in [2.75, 3.05) is 5.43 Å². The Morgan fingerprint density at radius 1 is 1.30 bits per heavy atom. The van der Waals surface area contributed by atoms with Crippen molar-refractivity contribution < 1.29 is 0 Å². The Morgan fingerprint density at radius 2 is 2.04 bits per heavy atom. The highest BCUT2D eigenvalue weighted by Crippen LogP contribution is 2.16. The number of aryl methyl sites for hydroxylation is 2. The molecule has 0 saturated heterocycles. The lowest BCUT2D eigenvalue weighted by atomic mass is 10.2. The van der Waals surface area contributed by atoms with Crippen LogP contribution in [0.4, 0.5) is 5.95 Å². The molecule has 0 aliphatic heterocycles. The second-order valence-corrected chi connectivity index (χ2v) is 6.19. The van der Waals surface area contributed by atoms with Gasteiger partial charge in [0.05, 0.1) is 5.71 Å². The zero-order valence-corrected chi connectivity index (χ0v) is 15.6. The molecule has 0 aliphatic rings. The van der Waals surface area contributed by atoms with Crippen LogP contribution in [0.25, 0.3) is 17.2 Å². The van der Waals surface area contributed by atoms with Gasteiger partial charge in [-0.1, -0.05) is 43.3 Å². The van der Waals surface area contributed by atoms with E-state index in [0.717, 1.165) is 17.7 Å². The normalized spacial score (nSPS) is 12.2. The largest absolute Gasteiger partial charge is 0.329 e. The molecule has 2 heterocycles. The van der Waals surface area contributed by atoms with E-state index >= 15 is 0 Å². The summed E-state index contributed by atoms with van der Waals surface area (Å²) in [5, 5.41) is 4.33. The van der Waals surface area contributed by atoms with Gasteiger partial charge >= 0.3 is 5.69 Å². The number of nitrogens with one attached hydrogen (secondary N) is 2. The third-order valence-corrected chi connectivity index (χ3v) is 4.10. The molecule has 0 amide bonds. The first kappa shape index (κ1) is 18.4. The van der Waals surface area contributed by atoms with Crippen molar-refractivity contribution in [3.05, 3.63) is 62.8 Å². The van der Waals surface area contributed by atoms with Crippen LogP contribution in [0.5, 0.6) is 0 Å². The fourth-order valence-corrected chi connectivity index (χ4v) is 2.72. The third-order valence-electron chi connectivity index (χ3n) is 4.10. The van der Waals surface area contributed by atoms with Crippen LogP contribution < -0.4 is 16.7 Å². The summed E-state index contributed by atoms with van der Waals surface area (Å²) in [6.45, 7) is 4.44. The summed E-state index contributed by atoms with van der Waals surface area (Å²) in [5.41, 5.74) is 4.48. The van der Waals surface area contributed by atoms with Gasteiger partial charge in [-0.2, -0.15) is 10.1 Å². The Bertz CT molecular complexity index is 1120. The van der Waals surface area contributed by atoms with Gasteiger partial charge in [-0.05, 0) is 25.0 Å². The number of nitrogens with zero attached hydrogens (tertiary/aromatic N) is 4. The second kappa shape index (κ2) is 7.86. The molecule has 8 heteroatoms. The van der Waals surface area contributed by atoms with Crippen LogP contribution in [0.2, 0.25) is 0 Å². The van der Waals surface area contributed by atoms with E-state index in [0.29, 0.717) is 23.7 Å². The molecule has 0 fully saturated rings. The van der Waals surface area contributed by atoms with Gasteiger partial charge in [0.1, 0.15) is 0 Å². The van der Waals surface area contributed by atoms with E-state index in [4.69, 9.17) is 0 Å². The SMILES string of the molecule is CCCn1c(NN=C(C)/C=C/c2ccccc2)nc2c1c(=O)[nH]c(=O)n2C. The van der Waals surface area contributed by atoms with Gasteiger partial charge in [-0.25, -0.2) is 10.2 Å². The Morgan fingerprint density at radius 3 is 2.74 bits per heavy atom. The van der Waals surface area contributed by atoms with Gasteiger partial charge in [0.25, 0.3) is 5.56 Å². The Balaban J connectivity index is 1.94. The third kappa shape index (κ3) is 3.89. The number of anilines is 1. The van der Waals surface area contributed by atoms with Gasteiger partial charge in [-0.15, -0.1) is 0 Å². The average Bonchev–Trinajstić information content (AvgIpc) is 3.03. The lowest BCUT2D eigenvalue weighted by Gasteiger charge is -2.06. The fourth-order valence-electron chi connectivity index (χ4n) is 2.72. The molecule has 2 N–H and O–H groups in total. The van der Waals surface area contributed by atoms with Crippen LogP contribution in [-0.2, 0) is 13.6 Å². The molecular formula is C19H22N6O2. The summed E-state index contributed by atoms with van der Waals surface area (Å²) in [6.07, 6.45) is 4.65. The Labute approximate surface area is 155 Å². The van der Waals surface area contributed by atoms with Gasteiger partial charge in [0.15, 0.2) is 11.2 Å².